The minimum Gasteiger partial charge on any atom is -0.395 e. The third-order valence-corrected chi connectivity index (χ3v) is 2.08. The highest BCUT2D eigenvalue weighted by atomic mass is 16.4. The first kappa shape index (κ1) is 11.2. The van der Waals surface area contributed by atoms with Crippen molar-refractivity contribution in [3.05, 3.63) is 0 Å². The Balaban J connectivity index is 2.69. The van der Waals surface area contributed by atoms with Gasteiger partial charge in [-0.3, -0.25) is 9.80 Å². The van der Waals surface area contributed by atoms with Gasteiger partial charge in [-0.05, 0) is 0 Å². The number of aliphatic hydroxyl groups is 4. The molecule has 1 heterocycles. The lowest BCUT2D eigenvalue weighted by molar-refractivity contribution is -0.0699. The summed E-state index contributed by atoms with van der Waals surface area (Å²) in [6.07, 6.45) is -2.69. The highest BCUT2D eigenvalue weighted by molar-refractivity contribution is 5.77. The molecule has 0 aromatic carbocycles. The Bertz CT molecular complexity index is 192. The van der Waals surface area contributed by atoms with Crippen LogP contribution < -0.4 is 0 Å². The monoisotopic (exact) mass is 206 g/mol. The maximum Gasteiger partial charge on any atom is 0.324 e. The van der Waals surface area contributed by atoms with Gasteiger partial charge in [-0.15, -0.1) is 0 Å². The lowest BCUT2D eigenvalue weighted by atomic mass is 10.4. The van der Waals surface area contributed by atoms with E-state index in [0.29, 0.717) is 0 Å². The Hall–Kier alpha value is -0.890. The number of urea groups is 1. The summed E-state index contributed by atoms with van der Waals surface area (Å²) < 4.78 is 0. The quantitative estimate of drug-likeness (QED) is 0.402. The van der Waals surface area contributed by atoms with Gasteiger partial charge in [0, 0.05) is 13.1 Å². The van der Waals surface area contributed by atoms with Gasteiger partial charge in [-0.2, -0.15) is 0 Å². The summed E-state index contributed by atoms with van der Waals surface area (Å²) >= 11 is 0. The average Bonchev–Trinajstić information content (AvgIpc) is 2.36. The fourth-order valence-electron chi connectivity index (χ4n) is 1.38. The van der Waals surface area contributed by atoms with Gasteiger partial charge in [0.25, 0.3) is 0 Å². The van der Waals surface area contributed by atoms with Gasteiger partial charge in [0.2, 0.25) is 0 Å². The maximum absolute atomic E-state index is 11.4. The molecule has 0 spiro atoms. The number of β-amino-alcohol motifs (C(OH)–C–C–N with tert-alkyl or cyclic N) is 2. The molecule has 0 bridgehead atoms. The van der Waals surface area contributed by atoms with Crippen LogP contribution in [0.4, 0.5) is 4.79 Å². The van der Waals surface area contributed by atoms with Gasteiger partial charge in [0.15, 0.2) is 12.5 Å². The number of carbonyl (C=O) groups is 1. The first-order valence-corrected chi connectivity index (χ1v) is 4.28. The number of hydrogen-bond acceptors (Lipinski definition) is 5. The van der Waals surface area contributed by atoms with E-state index in [4.69, 9.17) is 10.2 Å². The van der Waals surface area contributed by atoms with Crippen LogP contribution in [0.2, 0.25) is 0 Å². The molecule has 1 rings (SSSR count). The molecular formula is C7H14N2O5. The fourth-order valence-corrected chi connectivity index (χ4v) is 1.38. The summed E-state index contributed by atoms with van der Waals surface area (Å²) in [7, 11) is 0. The van der Waals surface area contributed by atoms with Crippen molar-refractivity contribution in [3.8, 4) is 0 Å². The van der Waals surface area contributed by atoms with Crippen molar-refractivity contribution in [2.24, 2.45) is 0 Å². The Kier molecular flexibility index (Phi) is 3.64. The highest BCUT2D eigenvalue weighted by Gasteiger charge is 2.43. The van der Waals surface area contributed by atoms with Crippen LogP contribution in [0.3, 0.4) is 0 Å². The fraction of sp³-hybridized carbons (Fsp3) is 0.857. The van der Waals surface area contributed by atoms with E-state index >= 15 is 0 Å². The number of hydrogen-bond donors (Lipinski definition) is 4. The molecule has 82 valence electrons. The number of rotatable bonds is 4. The van der Waals surface area contributed by atoms with Crippen LogP contribution in [0.15, 0.2) is 0 Å². The van der Waals surface area contributed by atoms with Gasteiger partial charge in [-0.1, -0.05) is 0 Å². The van der Waals surface area contributed by atoms with Crippen molar-refractivity contribution < 1.29 is 25.2 Å². The van der Waals surface area contributed by atoms with Gasteiger partial charge >= 0.3 is 6.03 Å². The normalized spacial score (nSPS) is 27.6. The van der Waals surface area contributed by atoms with Crippen molar-refractivity contribution in [1.82, 2.24) is 9.80 Å². The van der Waals surface area contributed by atoms with E-state index in [1.165, 1.54) is 0 Å². The minimum absolute atomic E-state index is 0.0427. The third kappa shape index (κ3) is 1.80. The Morgan fingerprint density at radius 1 is 1.00 bits per heavy atom. The maximum atomic E-state index is 11.4. The van der Waals surface area contributed by atoms with Crippen molar-refractivity contribution in [2.75, 3.05) is 26.3 Å². The molecule has 2 atom stereocenters. The first-order valence-electron chi connectivity index (χ1n) is 4.28. The lowest BCUT2D eigenvalue weighted by Crippen LogP contribution is -2.38. The first-order chi connectivity index (χ1) is 6.63. The molecule has 1 saturated heterocycles. The Labute approximate surface area is 80.8 Å². The molecule has 7 nitrogen and oxygen atoms in total. The Morgan fingerprint density at radius 3 is 1.64 bits per heavy atom. The van der Waals surface area contributed by atoms with Crippen LogP contribution >= 0.6 is 0 Å². The van der Waals surface area contributed by atoms with Crippen LogP contribution in [0, 0.1) is 0 Å². The van der Waals surface area contributed by atoms with E-state index in [0.717, 1.165) is 9.80 Å². The second-order valence-electron chi connectivity index (χ2n) is 2.94. The third-order valence-electron chi connectivity index (χ3n) is 2.08. The SMILES string of the molecule is O=C1N(CCO)C(O)C(O)N1CCO. The van der Waals surface area contributed by atoms with Crippen molar-refractivity contribution >= 4 is 6.03 Å². The molecule has 1 fully saturated rings. The van der Waals surface area contributed by atoms with E-state index in [9.17, 15) is 15.0 Å². The van der Waals surface area contributed by atoms with Crippen LogP contribution in [-0.4, -0.2) is 75.0 Å². The van der Waals surface area contributed by atoms with Crippen LogP contribution in [0.25, 0.3) is 0 Å². The van der Waals surface area contributed by atoms with E-state index in [-0.39, 0.29) is 26.3 Å². The molecule has 0 aromatic rings. The van der Waals surface area contributed by atoms with Gasteiger partial charge in [-0.25, -0.2) is 4.79 Å². The highest BCUT2D eigenvalue weighted by Crippen LogP contribution is 2.18. The van der Waals surface area contributed by atoms with Crippen molar-refractivity contribution in [1.29, 1.82) is 0 Å². The Morgan fingerprint density at radius 2 is 1.36 bits per heavy atom. The lowest BCUT2D eigenvalue weighted by Gasteiger charge is -2.17. The summed E-state index contributed by atoms with van der Waals surface area (Å²) in [5.74, 6) is 0. The smallest absolute Gasteiger partial charge is 0.324 e. The van der Waals surface area contributed by atoms with Gasteiger partial charge in [0.05, 0.1) is 13.2 Å². The largest absolute Gasteiger partial charge is 0.395 e. The molecular weight excluding hydrogens is 192 g/mol. The summed E-state index contributed by atoms with van der Waals surface area (Å²) in [6.45, 7) is -0.664. The second kappa shape index (κ2) is 4.56. The molecule has 0 aliphatic carbocycles. The van der Waals surface area contributed by atoms with Crippen molar-refractivity contribution in [3.63, 3.8) is 0 Å². The summed E-state index contributed by atoms with van der Waals surface area (Å²) in [6, 6.07) is -0.590. The standard InChI is InChI=1S/C7H14N2O5/c10-3-1-8-5(12)6(13)9(2-4-11)7(8)14/h5-6,10-13H,1-4H2. The van der Waals surface area contributed by atoms with Crippen LogP contribution in [0.1, 0.15) is 0 Å². The topological polar surface area (TPSA) is 104 Å². The average molecular weight is 206 g/mol. The number of aliphatic hydroxyl groups excluding tert-OH is 4. The molecule has 0 saturated carbocycles. The van der Waals surface area contributed by atoms with Crippen LogP contribution in [0.5, 0.6) is 0 Å². The van der Waals surface area contributed by atoms with E-state index < -0.39 is 18.5 Å². The molecule has 1 aliphatic rings. The van der Waals surface area contributed by atoms with Crippen molar-refractivity contribution in [2.45, 2.75) is 12.5 Å². The zero-order chi connectivity index (χ0) is 10.7. The number of carbonyl (C=O) groups excluding carboxylic acids is 1. The van der Waals surface area contributed by atoms with E-state index in [1.807, 2.05) is 0 Å². The minimum atomic E-state index is -1.35. The molecule has 14 heavy (non-hydrogen) atoms. The number of nitrogens with zero attached hydrogens (tertiary/aromatic N) is 2. The van der Waals surface area contributed by atoms with E-state index in [2.05, 4.69) is 0 Å². The zero-order valence-corrected chi connectivity index (χ0v) is 7.57. The van der Waals surface area contributed by atoms with Gasteiger partial charge < -0.3 is 20.4 Å². The predicted octanol–water partition coefficient (Wildman–Crippen LogP) is -2.65. The number of amides is 2. The van der Waals surface area contributed by atoms with Gasteiger partial charge in [0.1, 0.15) is 0 Å². The molecule has 0 aromatic heterocycles. The van der Waals surface area contributed by atoms with Crippen LogP contribution in [-0.2, 0) is 0 Å². The summed E-state index contributed by atoms with van der Waals surface area (Å²) in [5.41, 5.74) is 0. The molecule has 7 heteroatoms. The molecule has 0 radical (unpaired) electrons. The second-order valence-corrected chi connectivity index (χ2v) is 2.94. The predicted molar refractivity (Wildman–Crippen MR) is 45.0 cm³/mol. The molecule has 2 unspecified atom stereocenters. The van der Waals surface area contributed by atoms with E-state index in [1.54, 1.807) is 0 Å². The summed E-state index contributed by atoms with van der Waals surface area (Å²) in [4.78, 5) is 13.3. The zero-order valence-electron chi connectivity index (χ0n) is 7.57. The summed E-state index contributed by atoms with van der Waals surface area (Å²) in [5, 5.41) is 36.0. The molecule has 1 aliphatic heterocycles. The molecule has 2 amide bonds. The molecule has 4 N–H and O–H groups in total.